The topological polar surface area (TPSA) is 62.9 Å². The van der Waals surface area contributed by atoms with Crippen molar-refractivity contribution in [2.45, 2.75) is 26.8 Å². The van der Waals surface area contributed by atoms with Crippen molar-refractivity contribution in [1.82, 2.24) is 24.0 Å². The van der Waals surface area contributed by atoms with Crippen LogP contribution < -0.4 is 5.56 Å². The molecule has 152 valence electrons. The summed E-state index contributed by atoms with van der Waals surface area (Å²) in [7, 11) is 2.06. The Balaban J connectivity index is 1.52. The first-order valence-electron chi connectivity index (χ1n) is 10.0. The molecular formula is C22H27N5O2. The van der Waals surface area contributed by atoms with Gasteiger partial charge in [-0.2, -0.15) is 5.10 Å². The van der Waals surface area contributed by atoms with Gasteiger partial charge < -0.3 is 14.4 Å². The predicted molar refractivity (Wildman–Crippen MR) is 113 cm³/mol. The average molecular weight is 393 g/mol. The molecule has 1 saturated heterocycles. The average Bonchev–Trinajstić information content (AvgIpc) is 3.15. The SMILES string of the molecule is Cc1ccc(-c2cc3c(=O)n(CCC(=O)N4CCN(C)CC4)ccn3n2)cc1C. The molecule has 3 aromatic rings. The lowest BCUT2D eigenvalue weighted by Gasteiger charge is -2.32. The van der Waals surface area contributed by atoms with E-state index >= 15 is 0 Å². The van der Waals surface area contributed by atoms with E-state index in [1.165, 1.54) is 11.1 Å². The fraction of sp³-hybridized carbons (Fsp3) is 0.409. The van der Waals surface area contributed by atoms with Crippen LogP contribution in [0.1, 0.15) is 17.5 Å². The van der Waals surface area contributed by atoms with Crippen LogP contribution in [-0.4, -0.2) is 63.1 Å². The number of carbonyl (C=O) groups excluding carboxylic acids is 1. The van der Waals surface area contributed by atoms with Gasteiger partial charge in [0.2, 0.25) is 5.91 Å². The summed E-state index contributed by atoms with van der Waals surface area (Å²) in [5, 5.41) is 4.55. The number of likely N-dealkylation sites (N-methyl/N-ethyl adjacent to an activating group) is 1. The van der Waals surface area contributed by atoms with E-state index in [0.717, 1.165) is 37.4 Å². The molecule has 1 aliphatic rings. The summed E-state index contributed by atoms with van der Waals surface area (Å²) >= 11 is 0. The highest BCUT2D eigenvalue weighted by Crippen LogP contribution is 2.21. The zero-order chi connectivity index (χ0) is 20.5. The van der Waals surface area contributed by atoms with E-state index in [2.05, 4.69) is 43.0 Å². The Bertz CT molecular complexity index is 1110. The molecule has 0 saturated carbocycles. The summed E-state index contributed by atoms with van der Waals surface area (Å²) in [6.45, 7) is 7.83. The Labute approximate surface area is 170 Å². The van der Waals surface area contributed by atoms with Crippen molar-refractivity contribution in [2.24, 2.45) is 0 Å². The fourth-order valence-electron chi connectivity index (χ4n) is 3.67. The summed E-state index contributed by atoms with van der Waals surface area (Å²) in [4.78, 5) is 29.5. The molecule has 0 bridgehead atoms. The van der Waals surface area contributed by atoms with E-state index in [9.17, 15) is 9.59 Å². The molecule has 2 aromatic heterocycles. The zero-order valence-electron chi connectivity index (χ0n) is 17.3. The molecule has 1 fully saturated rings. The number of hydrogen-bond donors (Lipinski definition) is 0. The summed E-state index contributed by atoms with van der Waals surface area (Å²) < 4.78 is 3.22. The standard InChI is InChI=1S/C22H27N5O2/c1-16-4-5-18(14-17(16)2)19-15-20-22(29)26(12-13-27(20)23-19)7-6-21(28)25-10-8-24(3)9-11-25/h4-5,12-15H,6-11H2,1-3H3. The molecule has 29 heavy (non-hydrogen) atoms. The van der Waals surface area contributed by atoms with Crippen LogP contribution in [0.15, 0.2) is 41.5 Å². The van der Waals surface area contributed by atoms with E-state index in [-0.39, 0.29) is 11.5 Å². The van der Waals surface area contributed by atoms with Gasteiger partial charge in [-0.15, -0.1) is 0 Å². The lowest BCUT2D eigenvalue weighted by Crippen LogP contribution is -2.47. The number of hydrogen-bond acceptors (Lipinski definition) is 4. The second-order valence-corrected chi connectivity index (χ2v) is 7.89. The van der Waals surface area contributed by atoms with Crippen LogP contribution in [0.5, 0.6) is 0 Å². The van der Waals surface area contributed by atoms with Gasteiger partial charge in [-0.05, 0) is 44.2 Å². The summed E-state index contributed by atoms with van der Waals surface area (Å²) in [6.07, 6.45) is 3.82. The molecule has 3 heterocycles. The lowest BCUT2D eigenvalue weighted by atomic mass is 10.0. The highest BCUT2D eigenvalue weighted by atomic mass is 16.2. The van der Waals surface area contributed by atoms with E-state index < -0.39 is 0 Å². The second-order valence-electron chi connectivity index (χ2n) is 7.89. The minimum Gasteiger partial charge on any atom is -0.340 e. The van der Waals surface area contributed by atoms with Crippen molar-refractivity contribution in [3.8, 4) is 11.3 Å². The van der Waals surface area contributed by atoms with Gasteiger partial charge in [0.15, 0.2) is 0 Å². The van der Waals surface area contributed by atoms with Crippen molar-refractivity contribution in [3.63, 3.8) is 0 Å². The molecular weight excluding hydrogens is 366 g/mol. The molecule has 0 aliphatic carbocycles. The predicted octanol–water partition coefficient (Wildman–Crippen LogP) is 1.94. The monoisotopic (exact) mass is 393 g/mol. The molecule has 7 heteroatoms. The van der Waals surface area contributed by atoms with E-state index in [4.69, 9.17) is 0 Å². The first kappa shape index (κ1) is 19.4. The number of aryl methyl sites for hydroxylation is 3. The summed E-state index contributed by atoms with van der Waals surface area (Å²) in [5.74, 6) is 0.106. The van der Waals surface area contributed by atoms with E-state index in [1.54, 1.807) is 21.5 Å². The number of aromatic nitrogens is 3. The Morgan fingerprint density at radius 2 is 1.79 bits per heavy atom. The maximum atomic E-state index is 12.9. The third kappa shape index (κ3) is 3.96. The van der Waals surface area contributed by atoms with Gasteiger partial charge in [0.05, 0.1) is 5.69 Å². The number of rotatable bonds is 4. The van der Waals surface area contributed by atoms with Crippen LogP contribution in [0, 0.1) is 13.8 Å². The molecule has 4 rings (SSSR count). The smallest absolute Gasteiger partial charge is 0.276 e. The zero-order valence-corrected chi connectivity index (χ0v) is 17.3. The van der Waals surface area contributed by atoms with Crippen LogP contribution in [0.4, 0.5) is 0 Å². The van der Waals surface area contributed by atoms with Crippen LogP contribution in [0.25, 0.3) is 16.8 Å². The van der Waals surface area contributed by atoms with Crippen molar-refractivity contribution in [3.05, 3.63) is 58.1 Å². The second kappa shape index (κ2) is 7.83. The Morgan fingerprint density at radius 3 is 2.52 bits per heavy atom. The third-order valence-electron chi connectivity index (χ3n) is 5.83. The number of piperazine rings is 1. The van der Waals surface area contributed by atoms with Gasteiger partial charge in [-0.3, -0.25) is 9.59 Å². The fourth-order valence-corrected chi connectivity index (χ4v) is 3.67. The van der Waals surface area contributed by atoms with Gasteiger partial charge in [-0.1, -0.05) is 12.1 Å². The molecule has 7 nitrogen and oxygen atoms in total. The Kier molecular flexibility index (Phi) is 5.24. The molecule has 0 radical (unpaired) electrons. The quantitative estimate of drug-likeness (QED) is 0.680. The summed E-state index contributed by atoms with van der Waals surface area (Å²) in [6, 6.07) is 8.00. The van der Waals surface area contributed by atoms with Crippen LogP contribution in [0.2, 0.25) is 0 Å². The molecule has 1 aliphatic heterocycles. The third-order valence-corrected chi connectivity index (χ3v) is 5.83. The van der Waals surface area contributed by atoms with Gasteiger partial charge in [0.1, 0.15) is 5.52 Å². The first-order valence-corrected chi connectivity index (χ1v) is 10.0. The highest BCUT2D eigenvalue weighted by Gasteiger charge is 2.19. The maximum absolute atomic E-state index is 12.9. The Hall–Kier alpha value is -2.93. The summed E-state index contributed by atoms with van der Waals surface area (Å²) in [5.41, 5.74) is 4.59. The van der Waals surface area contributed by atoms with Crippen LogP contribution in [0.3, 0.4) is 0 Å². The molecule has 0 N–H and O–H groups in total. The number of nitrogens with zero attached hydrogens (tertiary/aromatic N) is 5. The van der Waals surface area contributed by atoms with Gasteiger partial charge in [0.25, 0.3) is 5.56 Å². The van der Waals surface area contributed by atoms with E-state index in [0.29, 0.717) is 18.5 Å². The molecule has 1 amide bonds. The van der Waals surface area contributed by atoms with Gasteiger partial charge >= 0.3 is 0 Å². The Morgan fingerprint density at radius 1 is 1.03 bits per heavy atom. The van der Waals surface area contributed by atoms with Crippen molar-refractivity contribution in [2.75, 3.05) is 33.2 Å². The van der Waals surface area contributed by atoms with Crippen LogP contribution in [-0.2, 0) is 11.3 Å². The number of fused-ring (bicyclic) bond motifs is 1. The normalized spacial score (nSPS) is 15.2. The maximum Gasteiger partial charge on any atom is 0.276 e. The van der Waals surface area contributed by atoms with Crippen LogP contribution >= 0.6 is 0 Å². The number of carbonyl (C=O) groups is 1. The number of amides is 1. The first-order chi connectivity index (χ1) is 13.9. The molecule has 1 aromatic carbocycles. The van der Waals surface area contributed by atoms with Gasteiger partial charge in [-0.25, -0.2) is 4.52 Å². The van der Waals surface area contributed by atoms with Crippen molar-refractivity contribution < 1.29 is 4.79 Å². The van der Waals surface area contributed by atoms with Crippen molar-refractivity contribution >= 4 is 11.4 Å². The lowest BCUT2D eigenvalue weighted by molar-refractivity contribution is -0.133. The van der Waals surface area contributed by atoms with E-state index in [1.807, 2.05) is 17.0 Å². The number of benzene rings is 1. The molecule has 0 unspecified atom stereocenters. The largest absolute Gasteiger partial charge is 0.340 e. The van der Waals surface area contributed by atoms with Crippen molar-refractivity contribution in [1.29, 1.82) is 0 Å². The molecule has 0 atom stereocenters. The molecule has 0 spiro atoms. The minimum atomic E-state index is -0.124. The minimum absolute atomic E-state index is 0.106. The highest BCUT2D eigenvalue weighted by molar-refractivity contribution is 5.76. The van der Waals surface area contributed by atoms with Gasteiger partial charge in [0, 0.05) is 57.1 Å².